The minimum atomic E-state index is 0.0789. The summed E-state index contributed by atoms with van der Waals surface area (Å²) in [7, 11) is 0. The van der Waals surface area contributed by atoms with Crippen LogP contribution in [0, 0.1) is 11.3 Å². The van der Waals surface area contributed by atoms with Gasteiger partial charge < -0.3 is 10.0 Å². The molecular formula is C12H15BrN2O. The standard InChI is InChI=1S/C12H15BrN2O/c1-9(2)15(6-7-16)12-5-3-4-11(13)10(12)8-14/h3-5,9,16H,6-7H2,1-2H3. The molecular weight excluding hydrogens is 268 g/mol. The van der Waals surface area contributed by atoms with Crippen molar-refractivity contribution in [2.24, 2.45) is 0 Å². The summed E-state index contributed by atoms with van der Waals surface area (Å²) in [5.41, 5.74) is 1.48. The first-order valence-corrected chi connectivity index (χ1v) is 5.97. The van der Waals surface area contributed by atoms with Crippen LogP contribution in [0.3, 0.4) is 0 Å². The van der Waals surface area contributed by atoms with E-state index in [1.165, 1.54) is 0 Å². The van der Waals surface area contributed by atoms with Crippen LogP contribution in [0.2, 0.25) is 0 Å². The highest BCUT2D eigenvalue weighted by Gasteiger charge is 2.15. The van der Waals surface area contributed by atoms with E-state index in [0.29, 0.717) is 12.1 Å². The number of nitrogens with zero attached hydrogens (tertiary/aromatic N) is 2. The average molecular weight is 283 g/mol. The molecule has 0 bridgehead atoms. The Kier molecular flexibility index (Phi) is 4.78. The Hall–Kier alpha value is -1.05. The van der Waals surface area contributed by atoms with Crippen LogP contribution in [0.4, 0.5) is 5.69 Å². The summed E-state index contributed by atoms with van der Waals surface area (Å²) in [4.78, 5) is 2.02. The topological polar surface area (TPSA) is 47.3 Å². The Morgan fingerprint density at radius 1 is 1.50 bits per heavy atom. The maximum atomic E-state index is 9.13. The van der Waals surface area contributed by atoms with Crippen molar-refractivity contribution in [1.82, 2.24) is 0 Å². The van der Waals surface area contributed by atoms with E-state index in [1.807, 2.05) is 36.9 Å². The van der Waals surface area contributed by atoms with E-state index in [0.717, 1.165) is 10.2 Å². The predicted octanol–water partition coefficient (Wildman–Crippen LogP) is 2.53. The zero-order chi connectivity index (χ0) is 12.1. The number of benzene rings is 1. The van der Waals surface area contributed by atoms with Gasteiger partial charge in [-0.25, -0.2) is 0 Å². The highest BCUT2D eigenvalue weighted by Crippen LogP contribution is 2.28. The van der Waals surface area contributed by atoms with Crippen LogP contribution < -0.4 is 4.90 Å². The molecule has 1 aromatic carbocycles. The van der Waals surface area contributed by atoms with Crippen LogP contribution in [0.15, 0.2) is 22.7 Å². The Bertz CT molecular complexity index is 398. The van der Waals surface area contributed by atoms with E-state index < -0.39 is 0 Å². The second-order valence-corrected chi connectivity index (χ2v) is 4.61. The largest absolute Gasteiger partial charge is 0.395 e. The first-order valence-electron chi connectivity index (χ1n) is 5.18. The smallest absolute Gasteiger partial charge is 0.103 e. The van der Waals surface area contributed by atoms with Crippen LogP contribution in [0.5, 0.6) is 0 Å². The van der Waals surface area contributed by atoms with E-state index in [-0.39, 0.29) is 12.6 Å². The summed E-state index contributed by atoms with van der Waals surface area (Å²) in [6.45, 7) is 4.69. The van der Waals surface area contributed by atoms with E-state index in [2.05, 4.69) is 22.0 Å². The van der Waals surface area contributed by atoms with Crippen molar-refractivity contribution >= 4 is 21.6 Å². The molecule has 0 heterocycles. The molecule has 1 aromatic rings. The quantitative estimate of drug-likeness (QED) is 0.923. The lowest BCUT2D eigenvalue weighted by atomic mass is 10.1. The molecule has 0 amide bonds. The van der Waals surface area contributed by atoms with Gasteiger partial charge >= 0.3 is 0 Å². The number of hydrogen-bond donors (Lipinski definition) is 1. The van der Waals surface area contributed by atoms with Gasteiger partial charge in [0, 0.05) is 17.1 Å². The van der Waals surface area contributed by atoms with Crippen molar-refractivity contribution < 1.29 is 5.11 Å². The molecule has 0 fully saturated rings. The molecule has 0 radical (unpaired) electrons. The summed E-state index contributed by atoms with van der Waals surface area (Å²) in [5.74, 6) is 0. The molecule has 1 N–H and O–H groups in total. The van der Waals surface area contributed by atoms with Gasteiger partial charge in [0.15, 0.2) is 0 Å². The molecule has 16 heavy (non-hydrogen) atoms. The molecule has 0 atom stereocenters. The number of aliphatic hydroxyl groups is 1. The van der Waals surface area contributed by atoms with Crippen molar-refractivity contribution in [1.29, 1.82) is 5.26 Å². The molecule has 0 aliphatic carbocycles. The Labute approximate surface area is 104 Å². The van der Waals surface area contributed by atoms with Crippen LogP contribution in [-0.4, -0.2) is 24.3 Å². The second kappa shape index (κ2) is 5.88. The SMILES string of the molecule is CC(C)N(CCO)c1cccc(Br)c1C#N. The highest BCUT2D eigenvalue weighted by atomic mass is 79.9. The average Bonchev–Trinajstić information content (AvgIpc) is 2.25. The summed E-state index contributed by atoms with van der Waals surface area (Å²) >= 11 is 3.36. The molecule has 0 aliphatic rings. The van der Waals surface area contributed by atoms with Gasteiger partial charge in [-0.2, -0.15) is 5.26 Å². The third-order valence-corrected chi connectivity index (χ3v) is 3.04. The minimum Gasteiger partial charge on any atom is -0.395 e. The van der Waals surface area contributed by atoms with Gasteiger partial charge in [-0.3, -0.25) is 0 Å². The van der Waals surface area contributed by atoms with Crippen LogP contribution >= 0.6 is 15.9 Å². The number of hydrogen-bond acceptors (Lipinski definition) is 3. The van der Waals surface area contributed by atoms with Gasteiger partial charge in [0.2, 0.25) is 0 Å². The van der Waals surface area contributed by atoms with Crippen LogP contribution in [-0.2, 0) is 0 Å². The van der Waals surface area contributed by atoms with Crippen molar-refractivity contribution in [2.75, 3.05) is 18.1 Å². The van der Waals surface area contributed by atoms with E-state index in [4.69, 9.17) is 10.4 Å². The van der Waals surface area contributed by atoms with Crippen molar-refractivity contribution in [3.8, 4) is 6.07 Å². The number of nitriles is 1. The van der Waals surface area contributed by atoms with E-state index in [9.17, 15) is 0 Å². The lowest BCUT2D eigenvalue weighted by Crippen LogP contribution is -2.34. The summed E-state index contributed by atoms with van der Waals surface area (Å²) in [5, 5.41) is 18.2. The van der Waals surface area contributed by atoms with Gasteiger partial charge in [-0.1, -0.05) is 6.07 Å². The summed E-state index contributed by atoms with van der Waals surface area (Å²) in [6, 6.07) is 8.08. The van der Waals surface area contributed by atoms with Gasteiger partial charge in [-0.15, -0.1) is 0 Å². The summed E-state index contributed by atoms with van der Waals surface area (Å²) in [6.07, 6.45) is 0. The van der Waals surface area contributed by atoms with E-state index >= 15 is 0 Å². The lowest BCUT2D eigenvalue weighted by Gasteiger charge is -2.29. The second-order valence-electron chi connectivity index (χ2n) is 3.76. The Morgan fingerprint density at radius 2 is 2.19 bits per heavy atom. The molecule has 4 heteroatoms. The minimum absolute atomic E-state index is 0.0789. The molecule has 0 aromatic heterocycles. The fourth-order valence-electron chi connectivity index (χ4n) is 1.63. The third kappa shape index (κ3) is 2.75. The van der Waals surface area contributed by atoms with Gasteiger partial charge in [-0.05, 0) is 41.9 Å². The van der Waals surface area contributed by atoms with Crippen molar-refractivity contribution in [2.45, 2.75) is 19.9 Å². The first kappa shape index (κ1) is 13.0. The number of aliphatic hydroxyl groups excluding tert-OH is 1. The first-order chi connectivity index (χ1) is 7.61. The Morgan fingerprint density at radius 3 is 2.69 bits per heavy atom. The zero-order valence-electron chi connectivity index (χ0n) is 9.44. The van der Waals surface area contributed by atoms with E-state index in [1.54, 1.807) is 0 Å². The Balaban J connectivity index is 3.19. The number of rotatable bonds is 4. The molecule has 0 unspecified atom stereocenters. The monoisotopic (exact) mass is 282 g/mol. The summed E-state index contributed by atoms with van der Waals surface area (Å²) < 4.78 is 0.788. The molecule has 0 saturated heterocycles. The fraction of sp³-hybridized carbons (Fsp3) is 0.417. The molecule has 86 valence electrons. The third-order valence-electron chi connectivity index (χ3n) is 2.38. The van der Waals surface area contributed by atoms with Crippen molar-refractivity contribution in [3.63, 3.8) is 0 Å². The maximum Gasteiger partial charge on any atom is 0.103 e. The van der Waals surface area contributed by atoms with Gasteiger partial charge in [0.05, 0.1) is 17.9 Å². The predicted molar refractivity (Wildman–Crippen MR) is 68.4 cm³/mol. The lowest BCUT2D eigenvalue weighted by molar-refractivity contribution is 0.299. The molecule has 0 spiro atoms. The fourth-order valence-corrected chi connectivity index (χ4v) is 2.07. The molecule has 0 aliphatic heterocycles. The molecule has 1 rings (SSSR count). The normalized spacial score (nSPS) is 10.2. The zero-order valence-corrected chi connectivity index (χ0v) is 11.0. The molecule has 3 nitrogen and oxygen atoms in total. The number of halogens is 1. The van der Waals surface area contributed by atoms with Crippen LogP contribution in [0.1, 0.15) is 19.4 Å². The maximum absolute atomic E-state index is 9.13. The molecule has 0 saturated carbocycles. The van der Waals surface area contributed by atoms with Gasteiger partial charge in [0.1, 0.15) is 6.07 Å². The highest BCUT2D eigenvalue weighted by molar-refractivity contribution is 9.10. The number of anilines is 1. The van der Waals surface area contributed by atoms with Crippen molar-refractivity contribution in [3.05, 3.63) is 28.2 Å². The van der Waals surface area contributed by atoms with Crippen LogP contribution in [0.25, 0.3) is 0 Å². The van der Waals surface area contributed by atoms with Gasteiger partial charge in [0.25, 0.3) is 0 Å².